The molecule has 0 saturated carbocycles. The highest BCUT2D eigenvalue weighted by molar-refractivity contribution is 7.89. The van der Waals surface area contributed by atoms with Crippen LogP contribution in [0.2, 0.25) is 5.02 Å². The van der Waals surface area contributed by atoms with E-state index in [1.807, 2.05) is 36.4 Å². The molecule has 1 saturated heterocycles. The van der Waals surface area contributed by atoms with Crippen molar-refractivity contribution in [2.75, 3.05) is 18.0 Å². The van der Waals surface area contributed by atoms with Gasteiger partial charge < -0.3 is 9.88 Å². The van der Waals surface area contributed by atoms with Crippen molar-refractivity contribution < 1.29 is 13.2 Å². The summed E-state index contributed by atoms with van der Waals surface area (Å²) in [5.74, 6) is 0.470. The number of benzene rings is 3. The Balaban J connectivity index is 1.25. The van der Waals surface area contributed by atoms with Crippen LogP contribution in [0.25, 0.3) is 11.0 Å². The molecule has 6 rings (SSSR count). The average molecular weight is 614 g/mol. The monoisotopic (exact) mass is 613 g/mol. The number of nitrogens with zero attached hydrogens (tertiary/aromatic N) is 4. The summed E-state index contributed by atoms with van der Waals surface area (Å²) in [7, 11) is -3.73. The molecule has 0 aliphatic carbocycles. The van der Waals surface area contributed by atoms with Gasteiger partial charge in [0.05, 0.1) is 27.5 Å². The Hall–Kier alpha value is -4.05. The van der Waals surface area contributed by atoms with Gasteiger partial charge >= 0.3 is 0 Å². The van der Waals surface area contributed by atoms with E-state index in [4.69, 9.17) is 16.6 Å². The molecule has 220 valence electrons. The Labute approximate surface area is 256 Å². The van der Waals surface area contributed by atoms with Crippen LogP contribution in [0, 0.1) is 0 Å². The average Bonchev–Trinajstić information content (AvgIpc) is 3.70. The van der Waals surface area contributed by atoms with Crippen LogP contribution in [-0.4, -0.2) is 46.7 Å². The Kier molecular flexibility index (Phi) is 8.56. The minimum Gasteiger partial charge on any atom is -0.341 e. The number of imidazole rings is 1. The van der Waals surface area contributed by atoms with E-state index in [1.54, 1.807) is 41.6 Å². The van der Waals surface area contributed by atoms with Gasteiger partial charge in [0.25, 0.3) is 5.91 Å². The van der Waals surface area contributed by atoms with Crippen molar-refractivity contribution in [2.24, 2.45) is 0 Å². The number of fused-ring (bicyclic) bond motifs is 1. The molecular weight excluding hydrogens is 582 g/mol. The predicted octanol–water partition coefficient (Wildman–Crippen LogP) is 6.81. The normalized spacial score (nSPS) is 15.6. The third-order valence-corrected chi connectivity index (χ3v) is 10.0. The summed E-state index contributed by atoms with van der Waals surface area (Å²) < 4.78 is 28.5. The van der Waals surface area contributed by atoms with Crippen molar-refractivity contribution in [1.82, 2.24) is 19.3 Å². The molecule has 0 spiro atoms. The first-order chi connectivity index (χ1) is 20.9. The van der Waals surface area contributed by atoms with Crippen molar-refractivity contribution in [3.63, 3.8) is 0 Å². The van der Waals surface area contributed by atoms with Gasteiger partial charge in [-0.15, -0.1) is 0 Å². The maximum absolute atomic E-state index is 13.6. The first-order valence-corrected chi connectivity index (χ1v) is 16.2. The number of amides is 1. The Morgan fingerprint density at radius 1 is 1.00 bits per heavy atom. The van der Waals surface area contributed by atoms with Crippen LogP contribution >= 0.6 is 11.6 Å². The SMILES string of the molecule is O=C(c1cccnc1)N(CCCCc1ccccc1)c1ccc2nc(C3CCCN3S(=O)(=O)c3ccc(Cl)cc3)[nH]c2c1. The fourth-order valence-corrected chi connectivity index (χ4v) is 7.41. The second-order valence-electron chi connectivity index (χ2n) is 10.7. The van der Waals surface area contributed by atoms with Crippen LogP contribution in [0.15, 0.2) is 102 Å². The lowest BCUT2D eigenvalue weighted by atomic mass is 10.1. The molecule has 1 unspecified atom stereocenters. The van der Waals surface area contributed by atoms with Crippen LogP contribution in [0.3, 0.4) is 0 Å². The van der Waals surface area contributed by atoms with E-state index in [2.05, 4.69) is 22.1 Å². The van der Waals surface area contributed by atoms with Crippen LogP contribution in [0.4, 0.5) is 5.69 Å². The highest BCUT2D eigenvalue weighted by Crippen LogP contribution is 2.36. The molecule has 43 heavy (non-hydrogen) atoms. The molecule has 2 aromatic heterocycles. The minimum atomic E-state index is -3.73. The quantitative estimate of drug-likeness (QED) is 0.175. The molecule has 1 amide bonds. The number of aryl methyl sites for hydroxylation is 1. The smallest absolute Gasteiger partial charge is 0.259 e. The number of rotatable bonds is 10. The first kappa shape index (κ1) is 29.0. The number of sulfonamides is 1. The lowest BCUT2D eigenvalue weighted by Gasteiger charge is -2.23. The molecule has 1 N–H and O–H groups in total. The van der Waals surface area contributed by atoms with Gasteiger partial charge in [0, 0.05) is 36.2 Å². The van der Waals surface area contributed by atoms with Crippen LogP contribution in [0.1, 0.15) is 53.5 Å². The summed E-state index contributed by atoms with van der Waals surface area (Å²) in [6, 6.07) is 25.4. The van der Waals surface area contributed by atoms with Crippen LogP contribution in [0.5, 0.6) is 0 Å². The molecule has 3 heterocycles. The number of carbonyl (C=O) groups excluding carboxylic acids is 1. The predicted molar refractivity (Wildman–Crippen MR) is 169 cm³/mol. The Morgan fingerprint density at radius 3 is 2.58 bits per heavy atom. The number of nitrogens with one attached hydrogen (secondary N) is 1. The van der Waals surface area contributed by atoms with Crippen molar-refractivity contribution in [2.45, 2.75) is 43.0 Å². The summed E-state index contributed by atoms with van der Waals surface area (Å²) in [5, 5.41) is 0.484. The second-order valence-corrected chi connectivity index (χ2v) is 13.0. The van der Waals surface area contributed by atoms with E-state index in [0.717, 1.165) is 36.9 Å². The van der Waals surface area contributed by atoms with E-state index in [1.165, 1.54) is 22.0 Å². The molecule has 5 aromatic rings. The molecule has 3 aromatic carbocycles. The molecule has 1 atom stereocenters. The summed E-state index contributed by atoms with van der Waals surface area (Å²) in [4.78, 5) is 27.9. The fraction of sp³-hybridized carbons (Fsp3) is 0.242. The van der Waals surface area contributed by atoms with Gasteiger partial charge in [0.1, 0.15) is 5.82 Å². The lowest BCUT2D eigenvalue weighted by Crippen LogP contribution is -2.32. The van der Waals surface area contributed by atoms with Gasteiger partial charge in [-0.3, -0.25) is 9.78 Å². The van der Waals surface area contributed by atoms with E-state index in [-0.39, 0.29) is 10.8 Å². The van der Waals surface area contributed by atoms with Crippen LogP contribution < -0.4 is 4.90 Å². The maximum Gasteiger partial charge on any atom is 0.259 e. The first-order valence-electron chi connectivity index (χ1n) is 14.4. The number of unbranched alkanes of at least 4 members (excludes halogenated alkanes) is 1. The summed E-state index contributed by atoms with van der Waals surface area (Å²) >= 11 is 5.99. The number of hydrogen-bond donors (Lipinski definition) is 1. The van der Waals surface area contributed by atoms with E-state index >= 15 is 0 Å². The van der Waals surface area contributed by atoms with Crippen molar-refractivity contribution in [3.8, 4) is 0 Å². The number of aromatic amines is 1. The zero-order chi connectivity index (χ0) is 29.8. The van der Waals surface area contributed by atoms with E-state index in [9.17, 15) is 13.2 Å². The zero-order valence-corrected chi connectivity index (χ0v) is 25.1. The Bertz CT molecular complexity index is 1810. The summed E-state index contributed by atoms with van der Waals surface area (Å²) in [6.07, 6.45) is 7.34. The third-order valence-electron chi connectivity index (χ3n) is 7.83. The van der Waals surface area contributed by atoms with Gasteiger partial charge in [-0.05, 0) is 92.3 Å². The van der Waals surface area contributed by atoms with Gasteiger partial charge in [0.2, 0.25) is 10.0 Å². The van der Waals surface area contributed by atoms with Gasteiger partial charge in [-0.2, -0.15) is 4.31 Å². The molecular formula is C33H32ClN5O3S. The van der Waals surface area contributed by atoms with E-state index < -0.39 is 16.1 Å². The molecule has 0 radical (unpaired) electrons. The Morgan fingerprint density at radius 2 is 1.81 bits per heavy atom. The number of pyridine rings is 1. The number of halogens is 1. The number of carbonyl (C=O) groups is 1. The lowest BCUT2D eigenvalue weighted by molar-refractivity contribution is 0.0986. The van der Waals surface area contributed by atoms with Gasteiger partial charge in [-0.25, -0.2) is 13.4 Å². The molecule has 8 nitrogen and oxygen atoms in total. The summed E-state index contributed by atoms with van der Waals surface area (Å²) in [5.41, 5.74) is 4.00. The van der Waals surface area contributed by atoms with Gasteiger partial charge in [0.15, 0.2) is 0 Å². The number of aromatic nitrogens is 3. The van der Waals surface area contributed by atoms with Gasteiger partial charge in [-0.1, -0.05) is 41.9 Å². The maximum atomic E-state index is 13.6. The second kappa shape index (κ2) is 12.7. The number of hydrogen-bond acceptors (Lipinski definition) is 5. The van der Waals surface area contributed by atoms with Crippen molar-refractivity contribution in [3.05, 3.63) is 119 Å². The topological polar surface area (TPSA) is 99.3 Å². The molecule has 0 bridgehead atoms. The third kappa shape index (κ3) is 6.34. The molecule has 1 aliphatic rings. The molecule has 1 aliphatic heterocycles. The molecule has 10 heteroatoms. The highest BCUT2D eigenvalue weighted by atomic mass is 35.5. The fourth-order valence-electron chi connectivity index (χ4n) is 5.62. The minimum absolute atomic E-state index is 0.122. The van der Waals surface area contributed by atoms with E-state index in [0.29, 0.717) is 41.4 Å². The molecule has 1 fully saturated rings. The standard InChI is InChI=1S/C33H32ClN5O3S/c34-26-13-16-28(17-14-26)43(41,42)39-21-7-12-31(39)32-36-29-18-15-27(22-30(29)37-32)38(33(40)25-11-6-19-35-23-25)20-5-4-10-24-8-2-1-3-9-24/h1-3,6,8-9,11,13-19,22-23,31H,4-5,7,10,12,20-21H2,(H,36,37). The summed E-state index contributed by atoms with van der Waals surface area (Å²) in [6.45, 7) is 0.955. The number of H-pyrrole nitrogens is 1. The largest absolute Gasteiger partial charge is 0.341 e. The van der Waals surface area contributed by atoms with Crippen LogP contribution in [-0.2, 0) is 16.4 Å². The number of anilines is 1. The highest BCUT2D eigenvalue weighted by Gasteiger charge is 2.38. The van der Waals surface area contributed by atoms with Crippen molar-refractivity contribution >= 4 is 44.3 Å². The van der Waals surface area contributed by atoms with Crippen molar-refractivity contribution in [1.29, 1.82) is 0 Å². The zero-order valence-electron chi connectivity index (χ0n) is 23.6.